The maximum atomic E-state index is 11.5. The molecular formula is C14H17N3O. The zero-order chi connectivity index (χ0) is 13.6. The van der Waals surface area contributed by atoms with Gasteiger partial charge in [-0.1, -0.05) is 20.8 Å². The lowest BCUT2D eigenvalue weighted by Gasteiger charge is -2.15. The molecule has 0 aromatic heterocycles. The summed E-state index contributed by atoms with van der Waals surface area (Å²) in [5, 5.41) is 11.3. The molecule has 1 N–H and O–H groups in total. The predicted octanol–water partition coefficient (Wildman–Crippen LogP) is 2.77. The molecule has 1 rings (SSSR count). The number of nitrogens with one attached hydrogen (secondary N) is 1. The fourth-order valence-corrected chi connectivity index (χ4v) is 1.33. The average molecular weight is 243 g/mol. The van der Waals surface area contributed by atoms with Gasteiger partial charge in [-0.25, -0.2) is 4.99 Å². The van der Waals surface area contributed by atoms with Gasteiger partial charge in [0.15, 0.2) is 0 Å². The number of amides is 1. The predicted molar refractivity (Wildman–Crippen MR) is 71.5 cm³/mol. The summed E-state index contributed by atoms with van der Waals surface area (Å²) < 4.78 is 0. The summed E-state index contributed by atoms with van der Waals surface area (Å²) in [7, 11) is 0. The van der Waals surface area contributed by atoms with E-state index in [1.807, 2.05) is 26.8 Å². The number of hydrogen-bond donors (Lipinski definition) is 1. The zero-order valence-electron chi connectivity index (χ0n) is 10.9. The second kappa shape index (κ2) is 5.97. The molecule has 1 aromatic rings. The van der Waals surface area contributed by atoms with Gasteiger partial charge in [0, 0.05) is 6.42 Å². The molecule has 0 radical (unpaired) electrons. The van der Waals surface area contributed by atoms with Gasteiger partial charge in [-0.05, 0) is 29.7 Å². The van der Waals surface area contributed by atoms with Crippen molar-refractivity contribution in [3.05, 3.63) is 29.8 Å². The van der Waals surface area contributed by atoms with E-state index < -0.39 is 0 Å². The number of rotatable bonds is 3. The van der Waals surface area contributed by atoms with Crippen molar-refractivity contribution in [1.82, 2.24) is 5.32 Å². The molecule has 0 spiro atoms. The van der Waals surface area contributed by atoms with Crippen molar-refractivity contribution < 1.29 is 4.79 Å². The molecule has 0 bridgehead atoms. The van der Waals surface area contributed by atoms with Gasteiger partial charge in [-0.2, -0.15) is 5.26 Å². The molecule has 0 heterocycles. The average Bonchev–Trinajstić information content (AvgIpc) is 2.27. The van der Waals surface area contributed by atoms with Gasteiger partial charge in [0.05, 0.1) is 23.7 Å². The van der Waals surface area contributed by atoms with Crippen molar-refractivity contribution in [3.63, 3.8) is 0 Å². The monoisotopic (exact) mass is 243 g/mol. The van der Waals surface area contributed by atoms with Crippen LogP contribution in [0, 0.1) is 16.7 Å². The minimum absolute atomic E-state index is 0.0354. The van der Waals surface area contributed by atoms with Crippen LogP contribution >= 0.6 is 0 Å². The SMILES string of the molecule is CC(C)(C)CC(=O)NC=Nc1ccc(C#N)cc1. The van der Waals surface area contributed by atoms with E-state index in [2.05, 4.69) is 10.3 Å². The van der Waals surface area contributed by atoms with E-state index in [0.29, 0.717) is 17.7 Å². The van der Waals surface area contributed by atoms with Gasteiger partial charge < -0.3 is 5.32 Å². The van der Waals surface area contributed by atoms with Crippen LogP contribution in [0.5, 0.6) is 0 Å². The minimum atomic E-state index is -0.0557. The van der Waals surface area contributed by atoms with Gasteiger partial charge in [-0.15, -0.1) is 0 Å². The maximum Gasteiger partial charge on any atom is 0.225 e. The Kier molecular flexibility index (Phi) is 4.61. The second-order valence-electron chi connectivity index (χ2n) is 5.22. The Labute approximate surface area is 107 Å². The van der Waals surface area contributed by atoms with E-state index in [-0.39, 0.29) is 11.3 Å². The second-order valence-corrected chi connectivity index (χ2v) is 5.22. The van der Waals surface area contributed by atoms with Crippen LogP contribution in [0.2, 0.25) is 0 Å². The topological polar surface area (TPSA) is 65.2 Å². The van der Waals surface area contributed by atoms with Crippen LogP contribution in [-0.2, 0) is 4.79 Å². The molecule has 1 amide bonds. The van der Waals surface area contributed by atoms with Crippen LogP contribution in [0.4, 0.5) is 5.69 Å². The summed E-state index contributed by atoms with van der Waals surface area (Å²) in [6, 6.07) is 8.86. The summed E-state index contributed by atoms with van der Waals surface area (Å²) in [4.78, 5) is 15.6. The molecule has 0 saturated heterocycles. The number of hydrogen-bond acceptors (Lipinski definition) is 3. The Morgan fingerprint density at radius 1 is 1.39 bits per heavy atom. The van der Waals surface area contributed by atoms with Gasteiger partial charge in [0.1, 0.15) is 0 Å². The fraction of sp³-hybridized carbons (Fsp3) is 0.357. The standard InChI is InChI=1S/C14H17N3O/c1-14(2,3)8-13(18)17-10-16-12-6-4-11(9-15)5-7-12/h4-7,10H,8H2,1-3H3,(H,16,17,18). The Balaban J connectivity index is 2.50. The molecule has 4 nitrogen and oxygen atoms in total. The molecule has 0 aliphatic heterocycles. The van der Waals surface area contributed by atoms with Crippen LogP contribution in [0.1, 0.15) is 32.8 Å². The third kappa shape index (κ3) is 5.26. The molecule has 0 aliphatic carbocycles. The number of aliphatic imine (C=N–C) groups is 1. The first kappa shape index (κ1) is 13.9. The smallest absolute Gasteiger partial charge is 0.225 e. The largest absolute Gasteiger partial charge is 0.317 e. The Hall–Kier alpha value is -2.15. The molecular weight excluding hydrogens is 226 g/mol. The van der Waals surface area contributed by atoms with Crippen LogP contribution < -0.4 is 5.32 Å². The van der Waals surface area contributed by atoms with Crippen LogP contribution in [0.3, 0.4) is 0 Å². The highest BCUT2D eigenvalue weighted by atomic mass is 16.1. The number of nitriles is 1. The van der Waals surface area contributed by atoms with E-state index in [0.717, 1.165) is 0 Å². The van der Waals surface area contributed by atoms with E-state index in [1.165, 1.54) is 6.34 Å². The van der Waals surface area contributed by atoms with E-state index in [9.17, 15) is 4.79 Å². The third-order valence-corrected chi connectivity index (χ3v) is 2.13. The fourth-order valence-electron chi connectivity index (χ4n) is 1.33. The quantitative estimate of drug-likeness (QED) is 0.655. The summed E-state index contributed by atoms with van der Waals surface area (Å²) in [5.41, 5.74) is 1.25. The van der Waals surface area contributed by atoms with Gasteiger partial charge in [-0.3, -0.25) is 4.79 Å². The highest BCUT2D eigenvalue weighted by Gasteiger charge is 2.14. The van der Waals surface area contributed by atoms with E-state index >= 15 is 0 Å². The summed E-state index contributed by atoms with van der Waals surface area (Å²) in [6.45, 7) is 6.01. The van der Waals surface area contributed by atoms with Crippen LogP contribution in [-0.4, -0.2) is 12.2 Å². The highest BCUT2D eigenvalue weighted by Crippen LogP contribution is 2.17. The Morgan fingerprint density at radius 3 is 2.50 bits per heavy atom. The van der Waals surface area contributed by atoms with Crippen LogP contribution in [0.15, 0.2) is 29.3 Å². The lowest BCUT2D eigenvalue weighted by Crippen LogP contribution is -2.26. The van der Waals surface area contributed by atoms with Crippen LogP contribution in [0.25, 0.3) is 0 Å². The first-order valence-corrected chi connectivity index (χ1v) is 5.73. The Bertz CT molecular complexity index is 475. The molecule has 94 valence electrons. The van der Waals surface area contributed by atoms with Gasteiger partial charge >= 0.3 is 0 Å². The highest BCUT2D eigenvalue weighted by molar-refractivity contribution is 5.88. The lowest BCUT2D eigenvalue weighted by atomic mass is 9.92. The molecule has 4 heteroatoms. The molecule has 0 fully saturated rings. The zero-order valence-corrected chi connectivity index (χ0v) is 10.9. The molecule has 18 heavy (non-hydrogen) atoms. The van der Waals surface area contributed by atoms with Crippen molar-refractivity contribution in [3.8, 4) is 6.07 Å². The number of carbonyl (C=O) groups is 1. The van der Waals surface area contributed by atoms with E-state index in [1.54, 1.807) is 24.3 Å². The summed E-state index contributed by atoms with van der Waals surface area (Å²) in [5.74, 6) is -0.0557. The van der Waals surface area contributed by atoms with Crippen molar-refractivity contribution in [2.75, 3.05) is 0 Å². The van der Waals surface area contributed by atoms with Gasteiger partial charge in [0.25, 0.3) is 0 Å². The van der Waals surface area contributed by atoms with Gasteiger partial charge in [0.2, 0.25) is 5.91 Å². The van der Waals surface area contributed by atoms with Crippen molar-refractivity contribution in [1.29, 1.82) is 5.26 Å². The molecule has 0 aliphatic rings. The molecule has 0 saturated carbocycles. The maximum absolute atomic E-state index is 11.5. The van der Waals surface area contributed by atoms with E-state index in [4.69, 9.17) is 5.26 Å². The number of carbonyl (C=O) groups excluding carboxylic acids is 1. The Morgan fingerprint density at radius 2 is 2.00 bits per heavy atom. The molecule has 0 atom stereocenters. The lowest BCUT2D eigenvalue weighted by molar-refractivity contribution is -0.121. The van der Waals surface area contributed by atoms with Crippen molar-refractivity contribution >= 4 is 17.9 Å². The normalized spacial score (nSPS) is 11.2. The van der Waals surface area contributed by atoms with Crippen molar-refractivity contribution in [2.45, 2.75) is 27.2 Å². The molecule has 0 unspecified atom stereocenters. The first-order valence-electron chi connectivity index (χ1n) is 5.73. The van der Waals surface area contributed by atoms with Crippen molar-refractivity contribution in [2.24, 2.45) is 10.4 Å². The summed E-state index contributed by atoms with van der Waals surface area (Å²) in [6.07, 6.45) is 1.84. The molecule has 1 aromatic carbocycles. The number of nitrogens with zero attached hydrogens (tertiary/aromatic N) is 2. The third-order valence-electron chi connectivity index (χ3n) is 2.13. The number of benzene rings is 1. The first-order chi connectivity index (χ1) is 8.40. The summed E-state index contributed by atoms with van der Waals surface area (Å²) >= 11 is 0. The minimum Gasteiger partial charge on any atom is -0.317 e.